The minimum Gasteiger partial charge on any atom is -0.497 e. The molecular formula is C23H26N4O2S. The number of carbonyl (C=O) groups is 1. The van der Waals surface area contributed by atoms with Gasteiger partial charge >= 0.3 is 6.03 Å². The van der Waals surface area contributed by atoms with Gasteiger partial charge in [-0.25, -0.2) is 4.79 Å². The number of nitrogens with one attached hydrogen (secondary N) is 1. The Hall–Kier alpha value is -2.93. The summed E-state index contributed by atoms with van der Waals surface area (Å²) in [5.41, 5.74) is 2.29. The molecule has 156 valence electrons. The lowest BCUT2D eigenvalue weighted by molar-refractivity contribution is 0.179. The maximum atomic E-state index is 12.7. The first-order chi connectivity index (χ1) is 14.7. The third-order valence-corrected chi connectivity index (χ3v) is 6.43. The number of hydrogen-bond donors (Lipinski definition) is 1. The van der Waals surface area contributed by atoms with Crippen LogP contribution in [0.15, 0.2) is 54.6 Å². The highest BCUT2D eigenvalue weighted by Crippen LogP contribution is 2.29. The van der Waals surface area contributed by atoms with Crippen molar-refractivity contribution in [3.05, 3.63) is 75.7 Å². The van der Waals surface area contributed by atoms with E-state index in [-0.39, 0.29) is 11.9 Å². The third kappa shape index (κ3) is 5.16. The highest BCUT2D eigenvalue weighted by molar-refractivity contribution is 7.11. The highest BCUT2D eigenvalue weighted by atomic mass is 32.1. The van der Waals surface area contributed by atoms with Gasteiger partial charge in [0.2, 0.25) is 0 Å². The van der Waals surface area contributed by atoms with Crippen molar-refractivity contribution in [2.24, 2.45) is 0 Å². The van der Waals surface area contributed by atoms with E-state index in [0.717, 1.165) is 47.1 Å². The highest BCUT2D eigenvalue weighted by Gasteiger charge is 2.27. The Morgan fingerprint density at radius 3 is 2.70 bits per heavy atom. The van der Waals surface area contributed by atoms with Crippen LogP contribution in [-0.2, 0) is 13.0 Å². The van der Waals surface area contributed by atoms with E-state index in [2.05, 4.69) is 27.6 Å². The Balaban J connectivity index is 1.32. The molecule has 0 aliphatic carbocycles. The molecule has 0 bridgehead atoms. The van der Waals surface area contributed by atoms with Gasteiger partial charge in [0.05, 0.1) is 7.11 Å². The summed E-state index contributed by atoms with van der Waals surface area (Å²) in [5, 5.41) is 13.9. The molecule has 1 unspecified atom stereocenters. The minimum absolute atomic E-state index is 0.0236. The van der Waals surface area contributed by atoms with Crippen LogP contribution < -0.4 is 10.1 Å². The Bertz CT molecular complexity index is 959. The van der Waals surface area contributed by atoms with E-state index in [1.165, 1.54) is 5.56 Å². The topological polar surface area (TPSA) is 67.3 Å². The number of nitrogens with zero attached hydrogens (tertiary/aromatic N) is 3. The molecule has 1 aromatic heterocycles. The molecule has 1 atom stereocenters. The molecule has 3 aromatic rings. The van der Waals surface area contributed by atoms with Gasteiger partial charge in [-0.3, -0.25) is 0 Å². The second kappa shape index (κ2) is 9.71. The molecule has 2 aromatic carbocycles. The first kappa shape index (κ1) is 20.3. The molecule has 1 fully saturated rings. The number of benzene rings is 2. The lowest BCUT2D eigenvalue weighted by Crippen LogP contribution is -2.44. The number of hydrogen-bond acceptors (Lipinski definition) is 5. The number of aromatic nitrogens is 2. The first-order valence-electron chi connectivity index (χ1n) is 10.2. The van der Waals surface area contributed by atoms with Crippen LogP contribution in [0.4, 0.5) is 4.79 Å². The second-order valence-corrected chi connectivity index (χ2v) is 8.58. The summed E-state index contributed by atoms with van der Waals surface area (Å²) in [7, 11) is 1.64. The van der Waals surface area contributed by atoms with Crippen LogP contribution in [0, 0.1) is 0 Å². The summed E-state index contributed by atoms with van der Waals surface area (Å²) in [6, 6.07) is 18.0. The smallest absolute Gasteiger partial charge is 0.317 e. The Morgan fingerprint density at radius 2 is 1.93 bits per heavy atom. The van der Waals surface area contributed by atoms with Crippen LogP contribution >= 0.6 is 11.3 Å². The van der Waals surface area contributed by atoms with E-state index < -0.39 is 0 Å². The number of piperidine rings is 1. The molecule has 1 saturated heterocycles. The zero-order valence-corrected chi connectivity index (χ0v) is 17.9. The molecule has 0 spiro atoms. The Kier molecular flexibility index (Phi) is 6.59. The predicted molar refractivity (Wildman–Crippen MR) is 118 cm³/mol. The zero-order chi connectivity index (χ0) is 20.8. The first-order valence-corrected chi connectivity index (χ1v) is 11.0. The number of ether oxygens (including phenoxy) is 1. The molecule has 30 heavy (non-hydrogen) atoms. The number of likely N-dealkylation sites (tertiary alicyclic amines) is 1. The number of methoxy groups -OCH3 is 1. The van der Waals surface area contributed by atoms with Crippen molar-refractivity contribution in [1.29, 1.82) is 0 Å². The fourth-order valence-corrected chi connectivity index (χ4v) is 4.67. The van der Waals surface area contributed by atoms with Crippen molar-refractivity contribution in [1.82, 2.24) is 20.4 Å². The van der Waals surface area contributed by atoms with Crippen molar-refractivity contribution >= 4 is 17.4 Å². The summed E-state index contributed by atoms with van der Waals surface area (Å²) >= 11 is 1.67. The normalized spacial score (nSPS) is 16.3. The molecule has 4 rings (SSSR count). The monoisotopic (exact) mass is 422 g/mol. The van der Waals surface area contributed by atoms with Crippen LogP contribution in [0.5, 0.6) is 5.75 Å². The predicted octanol–water partition coefficient (Wildman–Crippen LogP) is 4.23. The molecule has 2 amide bonds. The summed E-state index contributed by atoms with van der Waals surface area (Å²) < 4.78 is 5.17. The van der Waals surface area contributed by atoms with Crippen molar-refractivity contribution in [3.63, 3.8) is 0 Å². The van der Waals surface area contributed by atoms with E-state index in [1.54, 1.807) is 18.4 Å². The van der Waals surface area contributed by atoms with Gasteiger partial charge in [-0.1, -0.05) is 42.5 Å². The van der Waals surface area contributed by atoms with E-state index >= 15 is 0 Å². The second-order valence-electron chi connectivity index (χ2n) is 7.49. The standard InChI is InChI=1S/C23H26N4O2S/c1-29-20-11-9-18(10-12-20)15-24-23(28)27-13-5-8-19(16-27)22-26-25-21(30-22)14-17-6-3-2-4-7-17/h2-4,6-7,9-12,19H,5,8,13-16H2,1H3,(H,24,28). The fraction of sp³-hybridized carbons (Fsp3) is 0.348. The maximum Gasteiger partial charge on any atom is 0.317 e. The molecular weight excluding hydrogens is 396 g/mol. The maximum absolute atomic E-state index is 12.7. The molecule has 0 radical (unpaired) electrons. The largest absolute Gasteiger partial charge is 0.497 e. The van der Waals surface area contributed by atoms with Gasteiger partial charge in [-0.05, 0) is 36.1 Å². The quantitative estimate of drug-likeness (QED) is 0.646. The summed E-state index contributed by atoms with van der Waals surface area (Å²) in [4.78, 5) is 14.6. The zero-order valence-electron chi connectivity index (χ0n) is 17.1. The van der Waals surface area contributed by atoms with Gasteiger partial charge in [0.1, 0.15) is 15.8 Å². The Morgan fingerprint density at radius 1 is 1.13 bits per heavy atom. The van der Waals surface area contributed by atoms with Crippen molar-refractivity contribution < 1.29 is 9.53 Å². The summed E-state index contributed by atoms with van der Waals surface area (Å²) in [6.45, 7) is 1.97. The van der Waals surface area contributed by atoms with Crippen LogP contribution in [-0.4, -0.2) is 41.3 Å². The molecule has 7 heteroatoms. The van der Waals surface area contributed by atoms with E-state index in [1.807, 2.05) is 47.4 Å². The molecule has 1 aliphatic heterocycles. The van der Waals surface area contributed by atoms with Crippen LogP contribution in [0.3, 0.4) is 0 Å². The van der Waals surface area contributed by atoms with E-state index in [4.69, 9.17) is 4.74 Å². The van der Waals surface area contributed by atoms with Gasteiger partial charge in [0, 0.05) is 32.0 Å². The SMILES string of the molecule is COc1ccc(CNC(=O)N2CCCC(c3nnc(Cc4ccccc4)s3)C2)cc1. The lowest BCUT2D eigenvalue weighted by Gasteiger charge is -2.31. The van der Waals surface area contributed by atoms with Gasteiger partial charge in [0.25, 0.3) is 0 Å². The van der Waals surface area contributed by atoms with E-state index in [9.17, 15) is 4.79 Å². The molecule has 2 heterocycles. The molecule has 6 nitrogen and oxygen atoms in total. The summed E-state index contributed by atoms with van der Waals surface area (Å²) in [5.74, 6) is 1.07. The average Bonchev–Trinajstić information content (AvgIpc) is 3.27. The molecule has 1 aliphatic rings. The summed E-state index contributed by atoms with van der Waals surface area (Å²) in [6.07, 6.45) is 2.83. The van der Waals surface area contributed by atoms with Gasteiger partial charge < -0.3 is 15.0 Å². The van der Waals surface area contributed by atoms with Crippen molar-refractivity contribution in [3.8, 4) is 5.75 Å². The van der Waals surface area contributed by atoms with Crippen LogP contribution in [0.25, 0.3) is 0 Å². The lowest BCUT2D eigenvalue weighted by atomic mass is 9.99. The molecule has 0 saturated carbocycles. The van der Waals surface area contributed by atoms with Crippen LogP contribution in [0.1, 0.15) is 39.9 Å². The minimum atomic E-state index is -0.0236. The number of carbonyl (C=O) groups excluding carboxylic acids is 1. The number of rotatable bonds is 6. The third-order valence-electron chi connectivity index (χ3n) is 5.34. The van der Waals surface area contributed by atoms with Gasteiger partial charge in [-0.15, -0.1) is 21.5 Å². The van der Waals surface area contributed by atoms with Gasteiger partial charge in [-0.2, -0.15) is 0 Å². The average molecular weight is 423 g/mol. The van der Waals surface area contributed by atoms with Gasteiger partial charge in [0.15, 0.2) is 0 Å². The fourth-order valence-electron chi connectivity index (χ4n) is 3.67. The van der Waals surface area contributed by atoms with Crippen LogP contribution in [0.2, 0.25) is 0 Å². The Labute approximate surface area is 180 Å². The number of urea groups is 1. The van der Waals surface area contributed by atoms with Crippen molar-refractivity contribution in [2.75, 3.05) is 20.2 Å². The van der Waals surface area contributed by atoms with Crippen molar-refractivity contribution in [2.45, 2.75) is 31.7 Å². The number of amides is 2. The van der Waals surface area contributed by atoms with E-state index in [0.29, 0.717) is 13.1 Å². The molecule has 1 N–H and O–H groups in total.